The molecule has 1 heterocycles. The lowest BCUT2D eigenvalue weighted by Gasteiger charge is -2.20. The fraction of sp³-hybridized carbons (Fsp3) is 0.269. The fourth-order valence-electron chi connectivity index (χ4n) is 3.55. The van der Waals surface area contributed by atoms with E-state index in [2.05, 4.69) is 34.0 Å². The Morgan fingerprint density at radius 2 is 2.16 bits per heavy atom. The molecule has 6 nitrogen and oxygen atoms in total. The van der Waals surface area contributed by atoms with Gasteiger partial charge >= 0.3 is 0 Å². The average Bonchev–Trinajstić information content (AvgIpc) is 2.78. The van der Waals surface area contributed by atoms with Gasteiger partial charge < -0.3 is 16.2 Å². The Balaban J connectivity index is 1.98. The van der Waals surface area contributed by atoms with Gasteiger partial charge in [-0.25, -0.2) is 4.99 Å². The van der Waals surface area contributed by atoms with Crippen molar-refractivity contribution in [2.45, 2.75) is 33.1 Å². The van der Waals surface area contributed by atoms with Crippen molar-refractivity contribution < 1.29 is 9.90 Å². The third-order valence-corrected chi connectivity index (χ3v) is 5.27. The van der Waals surface area contributed by atoms with Crippen LogP contribution in [0.5, 0.6) is 0 Å². The number of nitrogens with two attached hydrogens (primary N) is 1. The van der Waals surface area contributed by atoms with E-state index in [1.807, 2.05) is 38.1 Å². The number of hydrogen-bond acceptors (Lipinski definition) is 5. The molecule has 0 radical (unpaired) electrons. The number of allylic oxidation sites excluding steroid dienone is 6. The van der Waals surface area contributed by atoms with Crippen molar-refractivity contribution in [1.82, 2.24) is 5.32 Å². The van der Waals surface area contributed by atoms with Gasteiger partial charge in [0.1, 0.15) is 11.5 Å². The second-order valence-electron chi connectivity index (χ2n) is 7.92. The summed E-state index contributed by atoms with van der Waals surface area (Å²) < 4.78 is 0. The Bertz CT molecular complexity index is 1100. The molecular weight excluding hydrogens is 400 g/mol. The summed E-state index contributed by atoms with van der Waals surface area (Å²) in [5, 5.41) is 14.3. The van der Waals surface area contributed by atoms with Crippen LogP contribution in [-0.4, -0.2) is 36.0 Å². The highest BCUT2D eigenvalue weighted by molar-refractivity contribution is 6.18. The lowest BCUT2D eigenvalue weighted by atomic mass is 9.92. The van der Waals surface area contributed by atoms with E-state index in [-0.39, 0.29) is 11.7 Å². The summed E-state index contributed by atoms with van der Waals surface area (Å²) in [5.74, 6) is -0.246. The third-order valence-electron chi connectivity index (χ3n) is 5.27. The Morgan fingerprint density at radius 3 is 2.84 bits per heavy atom. The van der Waals surface area contributed by atoms with Crippen LogP contribution in [0.3, 0.4) is 0 Å². The predicted molar refractivity (Wildman–Crippen MR) is 132 cm³/mol. The van der Waals surface area contributed by atoms with E-state index >= 15 is 0 Å². The number of carbonyl (C=O) groups excluding carboxylic acids is 1. The molecule has 1 aromatic rings. The van der Waals surface area contributed by atoms with E-state index in [1.54, 1.807) is 12.3 Å². The van der Waals surface area contributed by atoms with Crippen LogP contribution in [-0.2, 0) is 4.79 Å². The first-order valence-electron chi connectivity index (χ1n) is 10.8. The van der Waals surface area contributed by atoms with Gasteiger partial charge in [0.2, 0.25) is 5.91 Å². The first-order chi connectivity index (χ1) is 15.3. The molecule has 1 aromatic carbocycles. The van der Waals surface area contributed by atoms with Gasteiger partial charge in [0.15, 0.2) is 0 Å². The Morgan fingerprint density at radius 1 is 1.34 bits per heavy atom. The smallest absolute Gasteiger partial charge is 0.217 e. The number of primary amides is 1. The second-order valence-corrected chi connectivity index (χ2v) is 7.92. The molecule has 0 saturated heterocycles. The number of rotatable bonds is 8. The van der Waals surface area contributed by atoms with Crippen molar-refractivity contribution >= 4 is 23.4 Å². The number of dihydropyridines is 1. The molecule has 6 heteroatoms. The first kappa shape index (κ1) is 23.0. The van der Waals surface area contributed by atoms with Gasteiger partial charge in [-0.05, 0) is 50.0 Å². The van der Waals surface area contributed by atoms with Gasteiger partial charge in [0.25, 0.3) is 0 Å². The zero-order chi connectivity index (χ0) is 23.1. The normalized spacial score (nSPS) is 18.6. The number of aliphatic hydroxyl groups excluding tert-OH is 1. The van der Waals surface area contributed by atoms with Crippen LogP contribution in [0, 0.1) is 6.92 Å². The van der Waals surface area contributed by atoms with E-state index in [0.29, 0.717) is 30.8 Å². The lowest BCUT2D eigenvalue weighted by molar-refractivity contribution is -0.118. The second kappa shape index (κ2) is 10.6. The summed E-state index contributed by atoms with van der Waals surface area (Å²) in [7, 11) is 0. The number of nitrogens with zero attached hydrogens (tertiary/aromatic N) is 2. The predicted octanol–water partition coefficient (Wildman–Crippen LogP) is 4.32. The Hall–Kier alpha value is -3.67. The Labute approximate surface area is 189 Å². The summed E-state index contributed by atoms with van der Waals surface area (Å²) in [5.41, 5.74) is 11.8. The van der Waals surface area contributed by atoms with Crippen LogP contribution in [0.2, 0.25) is 0 Å². The topological polar surface area (TPSA) is 100 Å². The quantitative estimate of drug-likeness (QED) is 0.536. The van der Waals surface area contributed by atoms with Crippen LogP contribution in [0.25, 0.3) is 5.57 Å². The minimum atomic E-state index is -0.321. The maximum atomic E-state index is 11.0. The molecule has 1 aliphatic heterocycles. The molecule has 0 saturated carbocycles. The number of carbonyl (C=O) groups is 1. The van der Waals surface area contributed by atoms with Gasteiger partial charge in [-0.15, -0.1) is 0 Å². The Kier molecular flexibility index (Phi) is 7.60. The van der Waals surface area contributed by atoms with Gasteiger partial charge in [-0.2, -0.15) is 0 Å². The molecule has 0 atom stereocenters. The minimum absolute atomic E-state index is 0.0757. The SMILES string of the molecule is C=C(/N=C1/C(O)=CC(c2cccc(C)c2)=C/C1=C(/C)NCCCC(N)=O)C1=CCCN=C1. The van der Waals surface area contributed by atoms with Gasteiger partial charge in [-0.1, -0.05) is 42.5 Å². The molecule has 1 amide bonds. The third kappa shape index (κ3) is 5.94. The minimum Gasteiger partial charge on any atom is -0.506 e. The molecule has 1 aliphatic carbocycles. The largest absolute Gasteiger partial charge is 0.506 e. The molecule has 3 rings (SSSR count). The number of aryl methyl sites for hydroxylation is 1. The van der Waals surface area contributed by atoms with Crippen LogP contribution in [0.1, 0.15) is 37.3 Å². The van der Waals surface area contributed by atoms with Crippen LogP contribution in [0.15, 0.2) is 87.4 Å². The van der Waals surface area contributed by atoms with Crippen molar-refractivity contribution in [3.8, 4) is 0 Å². The van der Waals surface area contributed by atoms with E-state index in [0.717, 1.165) is 46.5 Å². The van der Waals surface area contributed by atoms with Gasteiger partial charge in [-0.3, -0.25) is 9.79 Å². The molecule has 0 unspecified atom stereocenters. The summed E-state index contributed by atoms with van der Waals surface area (Å²) >= 11 is 0. The first-order valence-corrected chi connectivity index (χ1v) is 10.8. The van der Waals surface area contributed by atoms with Gasteiger partial charge in [0.05, 0.1) is 5.70 Å². The van der Waals surface area contributed by atoms with Gasteiger partial charge in [0, 0.05) is 42.6 Å². The molecule has 0 aromatic heterocycles. The summed E-state index contributed by atoms with van der Waals surface area (Å²) in [6, 6.07) is 8.12. The highest BCUT2D eigenvalue weighted by Crippen LogP contribution is 2.29. The van der Waals surface area contributed by atoms with E-state index in [9.17, 15) is 9.90 Å². The number of hydrogen-bond donors (Lipinski definition) is 3. The molecular formula is C26H30N4O2. The van der Waals surface area contributed by atoms with Crippen LogP contribution in [0.4, 0.5) is 0 Å². The summed E-state index contributed by atoms with van der Waals surface area (Å²) in [4.78, 5) is 20.0. The molecule has 32 heavy (non-hydrogen) atoms. The summed E-state index contributed by atoms with van der Waals surface area (Å²) in [6.45, 7) is 9.40. The molecule has 0 bridgehead atoms. The number of benzene rings is 1. The molecule has 4 N–H and O–H groups in total. The molecule has 2 aliphatic rings. The van der Waals surface area contributed by atoms with Crippen molar-refractivity contribution in [2.24, 2.45) is 15.7 Å². The summed E-state index contributed by atoms with van der Waals surface area (Å²) in [6.07, 6.45) is 9.35. The van der Waals surface area contributed by atoms with Crippen molar-refractivity contribution in [1.29, 1.82) is 0 Å². The molecule has 0 spiro atoms. The zero-order valence-corrected chi connectivity index (χ0v) is 18.7. The zero-order valence-electron chi connectivity index (χ0n) is 18.7. The lowest BCUT2D eigenvalue weighted by Crippen LogP contribution is -2.21. The van der Waals surface area contributed by atoms with E-state index in [1.165, 1.54) is 0 Å². The van der Waals surface area contributed by atoms with Crippen molar-refractivity contribution in [2.75, 3.05) is 13.1 Å². The molecule has 166 valence electrons. The van der Waals surface area contributed by atoms with Crippen LogP contribution >= 0.6 is 0 Å². The number of amides is 1. The highest BCUT2D eigenvalue weighted by atomic mass is 16.3. The average molecular weight is 431 g/mol. The monoisotopic (exact) mass is 430 g/mol. The highest BCUT2D eigenvalue weighted by Gasteiger charge is 2.21. The maximum absolute atomic E-state index is 11.0. The van der Waals surface area contributed by atoms with Crippen molar-refractivity contribution in [3.05, 3.63) is 88.5 Å². The number of aliphatic imine (C=N–C) groups is 2. The number of nitrogens with one attached hydrogen (secondary N) is 1. The maximum Gasteiger partial charge on any atom is 0.217 e. The standard InChI is InChI=1S/C26H30N4O2/c1-17-7-4-8-20(13-17)22-14-23(19(3)29-12-6-10-25(27)32)26(24(31)15-22)30-18(2)21-9-5-11-28-16-21/h4,7-9,13-16,29,31H,2,5-6,10-12H2,1,3H3,(H2,27,32)/b23-19+,30-26+. The molecule has 0 fully saturated rings. The van der Waals surface area contributed by atoms with E-state index in [4.69, 9.17) is 5.73 Å². The van der Waals surface area contributed by atoms with Crippen LogP contribution < -0.4 is 11.1 Å². The fourth-order valence-corrected chi connectivity index (χ4v) is 3.55. The number of aliphatic hydroxyl groups is 1. The van der Waals surface area contributed by atoms with Crippen molar-refractivity contribution in [3.63, 3.8) is 0 Å². The van der Waals surface area contributed by atoms with E-state index < -0.39 is 0 Å².